The molecule has 0 aliphatic carbocycles. The van der Waals surface area contributed by atoms with Crippen LogP contribution in [0.1, 0.15) is 45.7 Å². The van der Waals surface area contributed by atoms with Crippen molar-refractivity contribution in [2.75, 3.05) is 20.2 Å². The van der Waals surface area contributed by atoms with Crippen LogP contribution < -0.4 is 5.32 Å². The number of carbonyl (C=O) groups excluding carboxylic acids is 2. The lowest BCUT2D eigenvalue weighted by molar-refractivity contribution is -0.148. The minimum absolute atomic E-state index is 0.0589. The van der Waals surface area contributed by atoms with Gasteiger partial charge in [-0.1, -0.05) is 30.3 Å². The van der Waals surface area contributed by atoms with Crippen molar-refractivity contribution in [3.63, 3.8) is 0 Å². The van der Waals surface area contributed by atoms with E-state index in [1.165, 1.54) is 7.11 Å². The number of ether oxygens (including phenoxy) is 2. The Morgan fingerprint density at radius 3 is 2.46 bits per heavy atom. The highest BCUT2D eigenvalue weighted by Gasteiger charge is 2.38. The number of nitrogens with zero attached hydrogens (tertiary/aromatic N) is 1. The van der Waals surface area contributed by atoms with Gasteiger partial charge in [-0.25, -0.2) is 4.79 Å². The summed E-state index contributed by atoms with van der Waals surface area (Å²) in [5, 5.41) is 3.53. The molecule has 1 aromatic rings. The van der Waals surface area contributed by atoms with Crippen LogP contribution in [0.5, 0.6) is 0 Å². The number of benzene rings is 1. The molecule has 1 aliphatic rings. The van der Waals surface area contributed by atoms with Crippen molar-refractivity contribution >= 4 is 12.1 Å². The largest absolute Gasteiger partial charge is 0.469 e. The Kier molecular flexibility index (Phi) is 6.64. The second-order valence-electron chi connectivity index (χ2n) is 7.75. The molecule has 144 valence electrons. The predicted molar refractivity (Wildman–Crippen MR) is 99.7 cm³/mol. The normalized spacial score (nSPS) is 21.8. The monoisotopic (exact) mass is 362 g/mol. The third kappa shape index (κ3) is 5.46. The maximum Gasteiger partial charge on any atom is 0.410 e. The van der Waals surface area contributed by atoms with Crippen molar-refractivity contribution in [3.8, 4) is 0 Å². The molecule has 3 atom stereocenters. The highest BCUT2D eigenvalue weighted by Crippen LogP contribution is 2.24. The Morgan fingerprint density at radius 2 is 1.88 bits per heavy atom. The third-order valence-corrected chi connectivity index (χ3v) is 4.53. The molecule has 26 heavy (non-hydrogen) atoms. The summed E-state index contributed by atoms with van der Waals surface area (Å²) in [7, 11) is 1.38. The fraction of sp³-hybridized carbons (Fsp3) is 0.600. The SMILES string of the molecule is COC(=O)[C@@H]1CN(C(=O)OC(C)(C)C)CC[C@H]1N[C@H](C)c1ccccc1. The van der Waals surface area contributed by atoms with Crippen molar-refractivity contribution < 1.29 is 19.1 Å². The lowest BCUT2D eigenvalue weighted by Crippen LogP contribution is -2.55. The van der Waals surface area contributed by atoms with Gasteiger partial charge in [-0.05, 0) is 39.7 Å². The second-order valence-corrected chi connectivity index (χ2v) is 7.75. The zero-order valence-corrected chi connectivity index (χ0v) is 16.3. The Hall–Kier alpha value is -2.08. The van der Waals surface area contributed by atoms with Crippen molar-refractivity contribution in [2.45, 2.75) is 51.8 Å². The molecular formula is C20H30N2O4. The average Bonchev–Trinajstić information content (AvgIpc) is 2.60. The van der Waals surface area contributed by atoms with Gasteiger partial charge in [0, 0.05) is 25.2 Å². The first-order chi connectivity index (χ1) is 12.2. The third-order valence-electron chi connectivity index (χ3n) is 4.53. The molecule has 0 radical (unpaired) electrons. The van der Waals surface area contributed by atoms with Crippen LogP contribution in [-0.4, -0.2) is 48.8 Å². The van der Waals surface area contributed by atoms with Gasteiger partial charge in [-0.15, -0.1) is 0 Å². The van der Waals surface area contributed by atoms with Gasteiger partial charge in [0.25, 0.3) is 0 Å². The Bertz CT molecular complexity index is 612. The van der Waals surface area contributed by atoms with Gasteiger partial charge in [0.15, 0.2) is 0 Å². The number of likely N-dealkylation sites (tertiary alicyclic amines) is 1. The molecule has 6 nitrogen and oxygen atoms in total. The lowest BCUT2D eigenvalue weighted by atomic mass is 9.91. The molecule has 0 aromatic heterocycles. The summed E-state index contributed by atoms with van der Waals surface area (Å²) in [5.74, 6) is -0.733. The van der Waals surface area contributed by atoms with E-state index in [1.54, 1.807) is 4.90 Å². The van der Waals surface area contributed by atoms with Gasteiger partial charge in [-0.2, -0.15) is 0 Å². The number of hydrogen-bond acceptors (Lipinski definition) is 5. The Morgan fingerprint density at radius 1 is 1.23 bits per heavy atom. The van der Waals surface area contributed by atoms with Crippen LogP contribution >= 0.6 is 0 Å². The first kappa shape index (κ1) is 20.2. The molecule has 1 saturated heterocycles. The molecule has 1 fully saturated rings. The lowest BCUT2D eigenvalue weighted by Gasteiger charge is -2.39. The first-order valence-electron chi connectivity index (χ1n) is 9.08. The standard InChI is InChI=1S/C20H30N2O4/c1-14(15-9-7-6-8-10-15)21-17-11-12-22(13-16(17)18(23)25-5)19(24)26-20(2,3)4/h6-10,14,16-17,21H,11-13H2,1-5H3/t14-,16-,17-/m1/s1. The fourth-order valence-electron chi connectivity index (χ4n) is 3.19. The van der Waals surface area contributed by atoms with Gasteiger partial charge < -0.3 is 19.7 Å². The molecule has 0 bridgehead atoms. The minimum Gasteiger partial charge on any atom is -0.469 e. The average molecular weight is 362 g/mol. The van der Waals surface area contributed by atoms with E-state index in [4.69, 9.17) is 9.47 Å². The quantitative estimate of drug-likeness (QED) is 0.834. The second kappa shape index (κ2) is 8.54. The molecule has 0 unspecified atom stereocenters. The smallest absolute Gasteiger partial charge is 0.410 e. The number of carbonyl (C=O) groups is 2. The maximum atomic E-state index is 12.4. The van der Waals surface area contributed by atoms with Gasteiger partial charge in [0.05, 0.1) is 13.0 Å². The predicted octanol–water partition coefficient (Wildman–Crippen LogP) is 3.14. The number of methoxy groups -OCH3 is 1. The minimum atomic E-state index is -0.561. The van der Waals surface area contributed by atoms with Gasteiger partial charge in [0.2, 0.25) is 0 Å². The van der Waals surface area contributed by atoms with Crippen LogP contribution in [-0.2, 0) is 14.3 Å². The van der Waals surface area contributed by atoms with E-state index in [0.29, 0.717) is 19.5 Å². The summed E-state index contributed by atoms with van der Waals surface area (Å²) in [6.45, 7) is 8.40. The summed E-state index contributed by atoms with van der Waals surface area (Å²) < 4.78 is 10.4. The van der Waals surface area contributed by atoms with E-state index in [2.05, 4.69) is 24.4 Å². The fourth-order valence-corrected chi connectivity index (χ4v) is 3.19. The molecule has 1 heterocycles. The van der Waals surface area contributed by atoms with Crippen molar-refractivity contribution in [1.82, 2.24) is 10.2 Å². The highest BCUT2D eigenvalue weighted by atomic mass is 16.6. The number of rotatable bonds is 4. The van der Waals surface area contributed by atoms with Crippen LogP contribution in [0.4, 0.5) is 4.79 Å². The molecule has 1 amide bonds. The summed E-state index contributed by atoms with van der Waals surface area (Å²) in [5.41, 5.74) is 0.597. The number of nitrogens with one attached hydrogen (secondary N) is 1. The van der Waals surface area contributed by atoms with Crippen molar-refractivity contribution in [2.24, 2.45) is 5.92 Å². The Labute approximate surface area is 155 Å². The Balaban J connectivity index is 2.06. The van der Waals surface area contributed by atoms with Crippen LogP contribution in [0, 0.1) is 5.92 Å². The van der Waals surface area contributed by atoms with Crippen molar-refractivity contribution in [3.05, 3.63) is 35.9 Å². The van der Waals surface area contributed by atoms with Gasteiger partial charge in [0.1, 0.15) is 5.60 Å². The van der Waals surface area contributed by atoms with Gasteiger partial charge >= 0.3 is 12.1 Å². The molecular weight excluding hydrogens is 332 g/mol. The highest BCUT2D eigenvalue weighted by molar-refractivity contribution is 5.75. The van der Waals surface area contributed by atoms with Crippen LogP contribution in [0.2, 0.25) is 0 Å². The molecule has 6 heteroatoms. The zero-order chi connectivity index (χ0) is 19.3. The summed E-state index contributed by atoms with van der Waals surface area (Å²) in [6, 6.07) is 10.1. The van der Waals surface area contributed by atoms with E-state index in [-0.39, 0.29) is 24.1 Å². The molecule has 0 spiro atoms. The van der Waals surface area contributed by atoms with E-state index >= 15 is 0 Å². The summed E-state index contributed by atoms with van der Waals surface area (Å²) in [4.78, 5) is 26.3. The molecule has 1 N–H and O–H groups in total. The van der Waals surface area contributed by atoms with E-state index in [1.807, 2.05) is 39.0 Å². The molecule has 1 aromatic carbocycles. The van der Waals surface area contributed by atoms with E-state index < -0.39 is 11.5 Å². The molecule has 1 aliphatic heterocycles. The molecule has 0 saturated carbocycles. The number of amides is 1. The summed E-state index contributed by atoms with van der Waals surface area (Å²) in [6.07, 6.45) is 0.275. The number of hydrogen-bond donors (Lipinski definition) is 1. The zero-order valence-electron chi connectivity index (χ0n) is 16.3. The van der Waals surface area contributed by atoms with Crippen LogP contribution in [0.3, 0.4) is 0 Å². The summed E-state index contributed by atoms with van der Waals surface area (Å²) >= 11 is 0. The first-order valence-corrected chi connectivity index (χ1v) is 9.08. The van der Waals surface area contributed by atoms with Gasteiger partial charge in [-0.3, -0.25) is 4.79 Å². The van der Waals surface area contributed by atoms with Crippen LogP contribution in [0.15, 0.2) is 30.3 Å². The van der Waals surface area contributed by atoms with E-state index in [9.17, 15) is 9.59 Å². The van der Waals surface area contributed by atoms with E-state index in [0.717, 1.165) is 5.56 Å². The van der Waals surface area contributed by atoms with Crippen LogP contribution in [0.25, 0.3) is 0 Å². The number of esters is 1. The topological polar surface area (TPSA) is 67.9 Å². The molecule has 2 rings (SSSR count). The van der Waals surface area contributed by atoms with Crippen molar-refractivity contribution in [1.29, 1.82) is 0 Å². The number of piperidine rings is 1. The maximum absolute atomic E-state index is 12.4.